The quantitative estimate of drug-likeness (QED) is 0.899. The van der Waals surface area contributed by atoms with Crippen molar-refractivity contribution in [3.05, 3.63) is 29.3 Å². The molecule has 3 rings (SSSR count). The first-order chi connectivity index (χ1) is 9.58. The van der Waals surface area contributed by atoms with Gasteiger partial charge in [-0.05, 0) is 31.7 Å². The number of amides is 1. The van der Waals surface area contributed by atoms with E-state index < -0.39 is 0 Å². The number of hydrogen-bond donors (Lipinski definition) is 2. The van der Waals surface area contributed by atoms with Crippen molar-refractivity contribution in [2.24, 2.45) is 0 Å². The van der Waals surface area contributed by atoms with Gasteiger partial charge in [0.1, 0.15) is 5.82 Å². The van der Waals surface area contributed by atoms with E-state index in [2.05, 4.69) is 34.3 Å². The summed E-state index contributed by atoms with van der Waals surface area (Å²) in [6.45, 7) is 6.02. The van der Waals surface area contributed by atoms with Crippen molar-refractivity contribution in [2.45, 2.75) is 45.6 Å². The molecule has 2 aromatic heterocycles. The molecule has 106 valence electrons. The highest BCUT2D eigenvalue weighted by Crippen LogP contribution is 2.37. The zero-order valence-electron chi connectivity index (χ0n) is 12.0. The second-order valence-corrected chi connectivity index (χ2v) is 5.59. The van der Waals surface area contributed by atoms with Crippen LogP contribution in [0.2, 0.25) is 0 Å². The number of anilines is 1. The van der Waals surface area contributed by atoms with Crippen LogP contribution in [0.1, 0.15) is 60.5 Å². The fourth-order valence-electron chi connectivity index (χ4n) is 2.45. The van der Waals surface area contributed by atoms with E-state index in [1.165, 1.54) is 0 Å². The molecular formula is C14H19N5O. The van der Waals surface area contributed by atoms with Crippen LogP contribution in [0.3, 0.4) is 0 Å². The number of nitrogens with one attached hydrogen (secondary N) is 2. The summed E-state index contributed by atoms with van der Waals surface area (Å²) in [5.41, 5.74) is 1.61. The third-order valence-corrected chi connectivity index (χ3v) is 3.60. The van der Waals surface area contributed by atoms with Gasteiger partial charge in [0.05, 0.1) is 5.56 Å². The lowest BCUT2D eigenvalue weighted by Gasteiger charge is -2.10. The molecule has 6 nitrogen and oxygen atoms in total. The van der Waals surface area contributed by atoms with E-state index in [0.29, 0.717) is 17.6 Å². The Kier molecular flexibility index (Phi) is 3.08. The third-order valence-electron chi connectivity index (χ3n) is 3.60. The topological polar surface area (TPSA) is 75.6 Å². The van der Waals surface area contributed by atoms with Crippen molar-refractivity contribution in [1.29, 1.82) is 0 Å². The van der Waals surface area contributed by atoms with E-state index in [1.54, 1.807) is 12.3 Å². The molecule has 1 aliphatic rings. The summed E-state index contributed by atoms with van der Waals surface area (Å²) < 4.78 is 2.01. The molecule has 0 atom stereocenters. The van der Waals surface area contributed by atoms with Crippen molar-refractivity contribution < 1.29 is 4.79 Å². The van der Waals surface area contributed by atoms with Crippen LogP contribution in [0.5, 0.6) is 0 Å². The van der Waals surface area contributed by atoms with Gasteiger partial charge in [0.2, 0.25) is 5.95 Å². The second kappa shape index (κ2) is 4.77. The molecule has 1 fully saturated rings. The predicted molar refractivity (Wildman–Crippen MR) is 75.9 cm³/mol. The molecule has 0 saturated heterocycles. The number of nitrogens with zero attached hydrogens (tertiary/aromatic N) is 3. The number of hydrogen-bond acceptors (Lipinski definition) is 3. The van der Waals surface area contributed by atoms with Crippen LogP contribution in [-0.2, 0) is 0 Å². The number of carbonyl (C=O) groups excluding carboxylic acids is 1. The fourth-order valence-corrected chi connectivity index (χ4v) is 2.45. The summed E-state index contributed by atoms with van der Waals surface area (Å²) in [4.78, 5) is 15.5. The third kappa shape index (κ3) is 2.21. The molecule has 1 aliphatic carbocycles. The van der Waals surface area contributed by atoms with Crippen LogP contribution in [0.15, 0.2) is 12.3 Å². The monoisotopic (exact) mass is 273 g/mol. The van der Waals surface area contributed by atoms with Gasteiger partial charge in [-0.3, -0.25) is 14.7 Å². The molecule has 0 aliphatic heterocycles. The van der Waals surface area contributed by atoms with E-state index >= 15 is 0 Å². The minimum absolute atomic E-state index is 0.135. The first-order valence-corrected chi connectivity index (χ1v) is 6.98. The molecule has 0 bridgehead atoms. The normalized spacial score (nSPS) is 14.8. The van der Waals surface area contributed by atoms with Gasteiger partial charge >= 0.3 is 0 Å². The Bertz CT molecular complexity index is 636. The van der Waals surface area contributed by atoms with E-state index in [0.717, 1.165) is 24.4 Å². The van der Waals surface area contributed by atoms with Crippen LogP contribution in [0, 0.1) is 6.92 Å². The molecule has 2 heterocycles. The van der Waals surface area contributed by atoms with E-state index in [9.17, 15) is 4.79 Å². The largest absolute Gasteiger partial charge is 0.364 e. The molecule has 2 N–H and O–H groups in total. The number of rotatable bonds is 4. The Morgan fingerprint density at radius 2 is 2.20 bits per heavy atom. The maximum absolute atomic E-state index is 12.4. The zero-order chi connectivity index (χ0) is 14.3. The van der Waals surface area contributed by atoms with Gasteiger partial charge in [0.15, 0.2) is 0 Å². The zero-order valence-corrected chi connectivity index (χ0v) is 12.0. The van der Waals surface area contributed by atoms with Crippen molar-refractivity contribution in [2.75, 3.05) is 5.32 Å². The summed E-state index contributed by atoms with van der Waals surface area (Å²) in [5.74, 6) is 1.53. The van der Waals surface area contributed by atoms with Crippen molar-refractivity contribution in [1.82, 2.24) is 19.7 Å². The lowest BCUT2D eigenvalue weighted by Crippen LogP contribution is -2.17. The molecule has 20 heavy (non-hydrogen) atoms. The summed E-state index contributed by atoms with van der Waals surface area (Å²) >= 11 is 0. The van der Waals surface area contributed by atoms with Crippen LogP contribution < -0.4 is 5.32 Å². The minimum atomic E-state index is -0.135. The smallest absolute Gasteiger partial charge is 0.259 e. The Hall–Kier alpha value is -2.11. The van der Waals surface area contributed by atoms with Gasteiger partial charge in [-0.15, -0.1) is 10.2 Å². The van der Waals surface area contributed by atoms with Crippen LogP contribution in [0.25, 0.3) is 0 Å². The highest BCUT2D eigenvalue weighted by atomic mass is 16.1. The molecule has 0 spiro atoms. The highest BCUT2D eigenvalue weighted by Gasteiger charge is 2.29. The molecule has 0 aromatic carbocycles. The Morgan fingerprint density at radius 1 is 1.45 bits per heavy atom. The summed E-state index contributed by atoms with van der Waals surface area (Å²) in [5, 5.41) is 11.0. The van der Waals surface area contributed by atoms with Crippen molar-refractivity contribution >= 4 is 11.9 Å². The first kappa shape index (κ1) is 12.9. The Labute approximate surface area is 117 Å². The summed E-state index contributed by atoms with van der Waals surface area (Å²) in [7, 11) is 0. The SMILES string of the molecule is Cc1nnc(NC(=O)c2cc[nH]c2C(C)C)n1C1CC1. The predicted octanol–water partition coefficient (Wildman–Crippen LogP) is 2.63. The van der Waals surface area contributed by atoms with E-state index in [1.807, 2.05) is 11.5 Å². The standard InChI is InChI=1S/C14H19N5O/c1-8(2)12-11(6-7-15-12)13(20)16-14-18-17-9(3)19(14)10-4-5-10/h6-8,10,15H,4-5H2,1-3H3,(H,16,18,20). The molecule has 0 radical (unpaired) electrons. The first-order valence-electron chi connectivity index (χ1n) is 6.98. The number of carbonyl (C=O) groups is 1. The molecule has 0 unspecified atom stereocenters. The van der Waals surface area contributed by atoms with E-state index in [4.69, 9.17) is 0 Å². The molecule has 2 aromatic rings. The summed E-state index contributed by atoms with van der Waals surface area (Å²) in [6, 6.07) is 2.24. The number of aromatic amines is 1. The minimum Gasteiger partial charge on any atom is -0.364 e. The van der Waals surface area contributed by atoms with Gasteiger partial charge in [-0.25, -0.2) is 0 Å². The highest BCUT2D eigenvalue weighted by molar-refractivity contribution is 6.04. The molecule has 6 heteroatoms. The fraction of sp³-hybridized carbons (Fsp3) is 0.500. The average Bonchev–Trinajstić information content (AvgIpc) is 2.98. The number of aryl methyl sites for hydroxylation is 1. The van der Waals surface area contributed by atoms with Gasteiger partial charge < -0.3 is 4.98 Å². The van der Waals surface area contributed by atoms with Gasteiger partial charge in [-0.1, -0.05) is 13.8 Å². The van der Waals surface area contributed by atoms with Crippen molar-refractivity contribution in [3.8, 4) is 0 Å². The van der Waals surface area contributed by atoms with Crippen LogP contribution >= 0.6 is 0 Å². The summed E-state index contributed by atoms with van der Waals surface area (Å²) in [6.07, 6.45) is 4.05. The molecular weight excluding hydrogens is 254 g/mol. The Balaban J connectivity index is 1.84. The maximum atomic E-state index is 12.4. The Morgan fingerprint density at radius 3 is 2.85 bits per heavy atom. The van der Waals surface area contributed by atoms with Crippen molar-refractivity contribution in [3.63, 3.8) is 0 Å². The van der Waals surface area contributed by atoms with Gasteiger partial charge in [0, 0.05) is 17.9 Å². The number of H-pyrrole nitrogens is 1. The van der Waals surface area contributed by atoms with Gasteiger partial charge in [0.25, 0.3) is 5.91 Å². The lowest BCUT2D eigenvalue weighted by molar-refractivity contribution is 0.102. The number of aromatic nitrogens is 4. The maximum Gasteiger partial charge on any atom is 0.259 e. The lowest BCUT2D eigenvalue weighted by atomic mass is 10.1. The van der Waals surface area contributed by atoms with Crippen LogP contribution in [-0.4, -0.2) is 25.7 Å². The second-order valence-electron chi connectivity index (χ2n) is 5.59. The van der Waals surface area contributed by atoms with E-state index in [-0.39, 0.29) is 11.8 Å². The molecule has 1 amide bonds. The van der Waals surface area contributed by atoms with Crippen LogP contribution in [0.4, 0.5) is 5.95 Å². The average molecular weight is 273 g/mol. The van der Waals surface area contributed by atoms with Gasteiger partial charge in [-0.2, -0.15) is 0 Å². The molecule has 1 saturated carbocycles.